The van der Waals surface area contributed by atoms with Crippen LogP contribution in [0.15, 0.2) is 57.9 Å². The van der Waals surface area contributed by atoms with Crippen LogP contribution in [0.3, 0.4) is 0 Å². The molecule has 8 heteroatoms. The summed E-state index contributed by atoms with van der Waals surface area (Å²) < 4.78 is 0. The van der Waals surface area contributed by atoms with Crippen LogP contribution in [0, 0.1) is 6.92 Å². The van der Waals surface area contributed by atoms with Crippen LogP contribution in [0.25, 0.3) is 0 Å². The molecule has 0 aliphatic rings. The molecule has 24 heavy (non-hydrogen) atoms. The van der Waals surface area contributed by atoms with Crippen LogP contribution in [0.2, 0.25) is 0 Å². The third-order valence-electron chi connectivity index (χ3n) is 3.08. The number of aromatic nitrogens is 3. The van der Waals surface area contributed by atoms with Gasteiger partial charge in [0.1, 0.15) is 5.25 Å². The number of thiazole rings is 1. The standard InChI is InChI=1S/C16H14N4O2S2/c1-10-9-12(21)19-16(18-10)24-13(11-5-3-2-4-6-11)14(22)20-15-17-7-8-23-15/h2-9,13H,1H3,(H,17,20,22)(H,18,19,21)/t13-/m0/s1. The maximum absolute atomic E-state index is 12.7. The smallest absolute Gasteiger partial charge is 0.251 e. The van der Waals surface area contributed by atoms with E-state index in [1.807, 2.05) is 30.3 Å². The van der Waals surface area contributed by atoms with Gasteiger partial charge in [-0.1, -0.05) is 42.1 Å². The van der Waals surface area contributed by atoms with Crippen molar-refractivity contribution < 1.29 is 4.79 Å². The number of hydrogen-bond donors (Lipinski definition) is 2. The number of rotatable bonds is 5. The Morgan fingerprint density at radius 3 is 2.79 bits per heavy atom. The third-order valence-corrected chi connectivity index (χ3v) is 4.91. The number of H-pyrrole nitrogens is 1. The zero-order valence-corrected chi connectivity index (χ0v) is 14.4. The summed E-state index contributed by atoms with van der Waals surface area (Å²) in [5.41, 5.74) is 1.19. The second kappa shape index (κ2) is 7.41. The van der Waals surface area contributed by atoms with E-state index < -0.39 is 5.25 Å². The first kappa shape index (κ1) is 16.4. The molecule has 1 amide bonds. The molecule has 3 aromatic rings. The highest BCUT2D eigenvalue weighted by molar-refractivity contribution is 8.00. The number of benzene rings is 1. The first-order valence-electron chi connectivity index (χ1n) is 7.12. The van der Waals surface area contributed by atoms with Crippen molar-refractivity contribution in [3.8, 4) is 0 Å². The lowest BCUT2D eigenvalue weighted by Crippen LogP contribution is -2.20. The van der Waals surface area contributed by atoms with Crippen molar-refractivity contribution in [2.45, 2.75) is 17.3 Å². The third kappa shape index (κ3) is 4.09. The summed E-state index contributed by atoms with van der Waals surface area (Å²) in [5, 5.41) is 4.97. The van der Waals surface area contributed by atoms with Crippen LogP contribution < -0.4 is 10.9 Å². The molecule has 0 saturated heterocycles. The summed E-state index contributed by atoms with van der Waals surface area (Å²) >= 11 is 2.55. The SMILES string of the molecule is Cc1cc(=O)[nH]c(S[C@H](C(=O)Nc2nccs2)c2ccccc2)n1. The summed E-state index contributed by atoms with van der Waals surface area (Å²) in [7, 11) is 0. The number of amides is 1. The monoisotopic (exact) mass is 358 g/mol. The number of anilines is 1. The van der Waals surface area contributed by atoms with Crippen LogP contribution in [0.4, 0.5) is 5.13 Å². The Morgan fingerprint density at radius 1 is 1.33 bits per heavy atom. The number of nitrogens with zero attached hydrogens (tertiary/aromatic N) is 2. The minimum Gasteiger partial charge on any atom is -0.301 e. The Balaban J connectivity index is 1.90. The number of carbonyl (C=O) groups is 1. The molecular formula is C16H14N4O2S2. The Bertz CT molecular complexity index is 879. The van der Waals surface area contributed by atoms with E-state index in [1.165, 1.54) is 29.2 Å². The average Bonchev–Trinajstić information content (AvgIpc) is 3.05. The predicted molar refractivity (Wildman–Crippen MR) is 95.4 cm³/mol. The van der Waals surface area contributed by atoms with E-state index in [9.17, 15) is 9.59 Å². The topological polar surface area (TPSA) is 87.7 Å². The number of nitrogens with one attached hydrogen (secondary N) is 2. The normalized spacial score (nSPS) is 11.9. The first-order chi connectivity index (χ1) is 11.6. The predicted octanol–water partition coefficient (Wildman–Crippen LogP) is 3.01. The Kier molecular flexibility index (Phi) is 5.07. The molecule has 0 saturated carbocycles. The van der Waals surface area contributed by atoms with Crippen LogP contribution in [0.5, 0.6) is 0 Å². The summed E-state index contributed by atoms with van der Waals surface area (Å²) in [6.45, 7) is 1.74. The van der Waals surface area contributed by atoms with Crippen molar-refractivity contribution in [2.75, 3.05) is 5.32 Å². The summed E-state index contributed by atoms with van der Waals surface area (Å²) in [5.74, 6) is -0.217. The van der Waals surface area contributed by atoms with Gasteiger partial charge in [-0.2, -0.15) is 0 Å². The largest absolute Gasteiger partial charge is 0.301 e. The first-order valence-corrected chi connectivity index (χ1v) is 8.87. The number of aromatic amines is 1. The van der Waals surface area contributed by atoms with Gasteiger partial charge in [-0.05, 0) is 12.5 Å². The van der Waals surface area contributed by atoms with Gasteiger partial charge in [-0.15, -0.1) is 11.3 Å². The van der Waals surface area contributed by atoms with E-state index in [0.717, 1.165) is 5.56 Å². The van der Waals surface area contributed by atoms with Crippen molar-refractivity contribution in [3.63, 3.8) is 0 Å². The van der Waals surface area contributed by atoms with Gasteiger partial charge in [0.2, 0.25) is 5.91 Å². The molecule has 0 aliphatic carbocycles. The van der Waals surface area contributed by atoms with Gasteiger partial charge in [-0.25, -0.2) is 9.97 Å². The zero-order valence-electron chi connectivity index (χ0n) is 12.7. The molecule has 0 spiro atoms. The number of hydrogen-bond acceptors (Lipinski definition) is 6. The minimum absolute atomic E-state index is 0.217. The second-order valence-corrected chi connectivity index (χ2v) is 6.92. The fourth-order valence-electron chi connectivity index (χ4n) is 2.08. The maximum Gasteiger partial charge on any atom is 0.251 e. The molecule has 2 aromatic heterocycles. The molecule has 0 radical (unpaired) electrons. The van der Waals surface area contributed by atoms with Crippen LogP contribution in [0.1, 0.15) is 16.5 Å². The molecule has 0 fully saturated rings. The molecule has 0 unspecified atom stereocenters. The van der Waals surface area contributed by atoms with E-state index in [1.54, 1.807) is 18.5 Å². The second-order valence-electron chi connectivity index (χ2n) is 4.93. The van der Waals surface area contributed by atoms with Gasteiger partial charge in [-0.3, -0.25) is 9.59 Å². The van der Waals surface area contributed by atoms with Gasteiger partial charge >= 0.3 is 0 Å². The van der Waals surface area contributed by atoms with Crippen molar-refractivity contribution >= 4 is 34.1 Å². The van der Waals surface area contributed by atoms with Crippen molar-refractivity contribution in [1.82, 2.24) is 15.0 Å². The lowest BCUT2D eigenvalue weighted by atomic mass is 10.1. The van der Waals surface area contributed by atoms with Crippen molar-refractivity contribution in [2.24, 2.45) is 0 Å². The van der Waals surface area contributed by atoms with Crippen LogP contribution >= 0.6 is 23.1 Å². The molecule has 6 nitrogen and oxygen atoms in total. The van der Waals surface area contributed by atoms with E-state index >= 15 is 0 Å². The number of thioether (sulfide) groups is 1. The molecule has 0 aliphatic heterocycles. The average molecular weight is 358 g/mol. The van der Waals surface area contributed by atoms with E-state index in [4.69, 9.17) is 0 Å². The van der Waals surface area contributed by atoms with Gasteiger partial charge in [0.05, 0.1) is 0 Å². The molecule has 1 aromatic carbocycles. The molecule has 2 heterocycles. The van der Waals surface area contributed by atoms with Crippen LogP contribution in [-0.2, 0) is 4.79 Å². The molecule has 2 N–H and O–H groups in total. The molecule has 3 rings (SSSR count). The molecular weight excluding hydrogens is 344 g/mol. The van der Waals surface area contributed by atoms with Gasteiger partial charge in [0, 0.05) is 23.3 Å². The van der Waals surface area contributed by atoms with Gasteiger partial charge in [0.15, 0.2) is 10.3 Å². The fraction of sp³-hybridized carbons (Fsp3) is 0.125. The highest BCUT2D eigenvalue weighted by atomic mass is 32.2. The fourth-order valence-corrected chi connectivity index (χ4v) is 3.65. The highest BCUT2D eigenvalue weighted by Crippen LogP contribution is 2.34. The summed E-state index contributed by atoms with van der Waals surface area (Å²) in [6.07, 6.45) is 1.63. The Hall–Kier alpha value is -2.45. The van der Waals surface area contributed by atoms with Gasteiger partial charge in [0.25, 0.3) is 5.56 Å². The number of aryl methyl sites for hydroxylation is 1. The lowest BCUT2D eigenvalue weighted by molar-refractivity contribution is -0.115. The van der Waals surface area contributed by atoms with E-state index in [-0.39, 0.29) is 11.5 Å². The summed E-state index contributed by atoms with van der Waals surface area (Å²) in [6, 6.07) is 10.8. The highest BCUT2D eigenvalue weighted by Gasteiger charge is 2.24. The Morgan fingerprint density at radius 2 is 2.12 bits per heavy atom. The van der Waals surface area contributed by atoms with Crippen molar-refractivity contribution in [1.29, 1.82) is 0 Å². The zero-order chi connectivity index (χ0) is 16.9. The quantitative estimate of drug-likeness (QED) is 0.541. The molecule has 1 atom stereocenters. The van der Waals surface area contributed by atoms with Gasteiger partial charge < -0.3 is 10.3 Å². The van der Waals surface area contributed by atoms with Crippen molar-refractivity contribution in [3.05, 3.63) is 69.6 Å². The van der Waals surface area contributed by atoms with Crippen LogP contribution in [-0.4, -0.2) is 20.9 Å². The number of carbonyl (C=O) groups excluding carboxylic acids is 1. The lowest BCUT2D eigenvalue weighted by Gasteiger charge is -2.15. The van der Waals surface area contributed by atoms with E-state index in [2.05, 4.69) is 20.3 Å². The molecule has 122 valence electrons. The van der Waals surface area contributed by atoms with E-state index in [0.29, 0.717) is 16.0 Å². The molecule has 0 bridgehead atoms. The Labute approximate surface area is 146 Å². The summed E-state index contributed by atoms with van der Waals surface area (Å²) in [4.78, 5) is 35.4. The maximum atomic E-state index is 12.7. The minimum atomic E-state index is -0.556.